The van der Waals surface area contributed by atoms with E-state index in [-0.39, 0.29) is 0 Å². The van der Waals surface area contributed by atoms with Crippen molar-refractivity contribution >= 4 is 10.4 Å². The zero-order valence-electron chi connectivity index (χ0n) is 9.36. The Morgan fingerprint density at radius 1 is 1.00 bits per heavy atom. The maximum atomic E-state index is 8.74. The van der Waals surface area contributed by atoms with Crippen molar-refractivity contribution in [2.45, 2.75) is 19.3 Å². The van der Waals surface area contributed by atoms with Gasteiger partial charge in [0.25, 0.3) is 0 Å². The first-order valence-corrected chi connectivity index (χ1v) is 6.50. The van der Waals surface area contributed by atoms with E-state index in [2.05, 4.69) is 15.3 Å². The van der Waals surface area contributed by atoms with Gasteiger partial charge in [-0.25, -0.2) is 9.97 Å². The van der Waals surface area contributed by atoms with Gasteiger partial charge in [0, 0.05) is 12.4 Å². The molecule has 0 unspecified atom stereocenters. The third-order valence-corrected chi connectivity index (χ3v) is 1.68. The predicted molar refractivity (Wildman–Crippen MR) is 62.9 cm³/mol. The summed E-state index contributed by atoms with van der Waals surface area (Å²) in [6, 6.07) is 1.78. The average Bonchev–Trinajstić information content (AvgIpc) is 2.32. The summed E-state index contributed by atoms with van der Waals surface area (Å²) in [6.07, 6.45) is 9.09. The predicted octanol–water partition coefficient (Wildman–Crippen LogP) is 0.584. The Morgan fingerprint density at radius 2 is 1.47 bits per heavy atom. The highest BCUT2D eigenvalue weighted by molar-refractivity contribution is 7.79. The molecule has 3 N–H and O–H groups in total. The summed E-state index contributed by atoms with van der Waals surface area (Å²) in [5, 5.41) is 3.28. The molecule has 0 saturated carbocycles. The Morgan fingerprint density at radius 3 is 1.59 bits per heavy atom. The number of piperidine rings is 1. The third-order valence-electron chi connectivity index (χ3n) is 1.68. The lowest BCUT2D eigenvalue weighted by molar-refractivity contribution is 0.381. The molecule has 1 fully saturated rings. The average molecular weight is 263 g/mol. The van der Waals surface area contributed by atoms with Gasteiger partial charge in [-0.2, -0.15) is 8.42 Å². The van der Waals surface area contributed by atoms with Crippen molar-refractivity contribution in [3.63, 3.8) is 0 Å². The van der Waals surface area contributed by atoms with E-state index >= 15 is 0 Å². The van der Waals surface area contributed by atoms with Gasteiger partial charge in [0.05, 0.1) is 0 Å². The molecule has 1 aromatic rings. The molecule has 0 atom stereocenters. The highest BCUT2D eigenvalue weighted by atomic mass is 32.3. The highest BCUT2D eigenvalue weighted by Crippen LogP contribution is 1.96. The highest BCUT2D eigenvalue weighted by Gasteiger charge is 1.93. The van der Waals surface area contributed by atoms with Gasteiger partial charge in [0.2, 0.25) is 0 Å². The van der Waals surface area contributed by atoms with Gasteiger partial charge in [-0.1, -0.05) is 6.42 Å². The van der Waals surface area contributed by atoms with Crippen LogP contribution >= 0.6 is 0 Å². The molecular weight excluding hydrogens is 246 g/mol. The van der Waals surface area contributed by atoms with Crippen molar-refractivity contribution in [1.82, 2.24) is 15.3 Å². The van der Waals surface area contributed by atoms with Crippen LogP contribution in [0.15, 0.2) is 24.8 Å². The lowest BCUT2D eigenvalue weighted by atomic mass is 10.2. The van der Waals surface area contributed by atoms with Crippen LogP contribution in [-0.4, -0.2) is 40.6 Å². The number of rotatable bonds is 0. The minimum atomic E-state index is -4.67. The lowest BCUT2D eigenvalue weighted by Crippen LogP contribution is -2.21. The van der Waals surface area contributed by atoms with Crippen LogP contribution in [0.1, 0.15) is 19.3 Å². The Kier molecular flexibility index (Phi) is 9.44. The molecule has 7 nitrogen and oxygen atoms in total. The first-order chi connectivity index (χ1) is 8.00. The first-order valence-electron chi connectivity index (χ1n) is 5.11. The fourth-order valence-electron chi connectivity index (χ4n) is 1.06. The van der Waals surface area contributed by atoms with Gasteiger partial charge in [-0.15, -0.1) is 0 Å². The van der Waals surface area contributed by atoms with Crippen LogP contribution in [0, 0.1) is 0 Å². The molecule has 0 aliphatic carbocycles. The van der Waals surface area contributed by atoms with Gasteiger partial charge in [0.15, 0.2) is 0 Å². The lowest BCUT2D eigenvalue weighted by Gasteiger charge is -2.08. The van der Waals surface area contributed by atoms with Gasteiger partial charge >= 0.3 is 10.4 Å². The fraction of sp³-hybridized carbons (Fsp3) is 0.556. The van der Waals surface area contributed by atoms with Crippen LogP contribution in [0.2, 0.25) is 0 Å². The molecule has 1 aromatic heterocycles. The largest absolute Gasteiger partial charge is 0.394 e. The molecule has 98 valence electrons. The molecule has 2 rings (SSSR count). The summed E-state index contributed by atoms with van der Waals surface area (Å²) in [5.74, 6) is 0. The summed E-state index contributed by atoms with van der Waals surface area (Å²) in [6.45, 7) is 2.50. The number of nitrogens with one attached hydrogen (secondary N) is 1. The fourth-order valence-corrected chi connectivity index (χ4v) is 1.06. The summed E-state index contributed by atoms with van der Waals surface area (Å²) in [7, 11) is -4.67. The molecule has 1 aliphatic rings. The smallest absolute Gasteiger partial charge is 0.317 e. The van der Waals surface area contributed by atoms with Crippen LogP contribution in [0.5, 0.6) is 0 Å². The van der Waals surface area contributed by atoms with Crippen LogP contribution in [0.3, 0.4) is 0 Å². The number of hydrogen-bond acceptors (Lipinski definition) is 5. The minimum Gasteiger partial charge on any atom is -0.317 e. The SMILES string of the molecule is C1CCNCC1.O=S(=O)(O)O.c1cncnc1. The molecule has 0 bridgehead atoms. The van der Waals surface area contributed by atoms with Gasteiger partial charge < -0.3 is 5.32 Å². The number of aromatic nitrogens is 2. The Hall–Kier alpha value is -1.09. The Bertz CT molecular complexity index is 308. The van der Waals surface area contributed by atoms with Crippen LogP contribution in [0.25, 0.3) is 0 Å². The molecule has 17 heavy (non-hydrogen) atoms. The summed E-state index contributed by atoms with van der Waals surface area (Å²) in [5.41, 5.74) is 0. The van der Waals surface area contributed by atoms with Gasteiger partial charge in [0.1, 0.15) is 6.33 Å². The van der Waals surface area contributed by atoms with E-state index in [4.69, 9.17) is 17.5 Å². The summed E-state index contributed by atoms with van der Waals surface area (Å²) >= 11 is 0. The number of hydrogen-bond donors (Lipinski definition) is 3. The van der Waals surface area contributed by atoms with Crippen LogP contribution in [-0.2, 0) is 10.4 Å². The molecule has 0 aromatic carbocycles. The topological polar surface area (TPSA) is 112 Å². The molecule has 0 amide bonds. The van der Waals surface area contributed by atoms with Crippen molar-refractivity contribution < 1.29 is 17.5 Å². The zero-order chi connectivity index (χ0) is 13.0. The van der Waals surface area contributed by atoms with Crippen LogP contribution in [0.4, 0.5) is 0 Å². The van der Waals surface area contributed by atoms with Crippen molar-refractivity contribution in [1.29, 1.82) is 0 Å². The zero-order valence-corrected chi connectivity index (χ0v) is 10.2. The molecule has 8 heteroatoms. The van der Waals surface area contributed by atoms with E-state index in [1.54, 1.807) is 18.5 Å². The van der Waals surface area contributed by atoms with Crippen LogP contribution < -0.4 is 5.32 Å². The second kappa shape index (κ2) is 10.1. The summed E-state index contributed by atoms with van der Waals surface area (Å²) < 4.78 is 31.6. The third kappa shape index (κ3) is 20.9. The molecule has 1 saturated heterocycles. The maximum Gasteiger partial charge on any atom is 0.394 e. The van der Waals surface area contributed by atoms with E-state index in [0.717, 1.165) is 0 Å². The minimum absolute atomic E-state index is 1.25. The van der Waals surface area contributed by atoms with E-state index in [0.29, 0.717) is 0 Å². The monoisotopic (exact) mass is 263 g/mol. The van der Waals surface area contributed by atoms with Crippen molar-refractivity contribution in [2.24, 2.45) is 0 Å². The summed E-state index contributed by atoms with van der Waals surface area (Å²) in [4.78, 5) is 7.35. The molecule has 2 heterocycles. The van der Waals surface area contributed by atoms with Crippen molar-refractivity contribution in [2.75, 3.05) is 13.1 Å². The Balaban J connectivity index is 0.000000228. The van der Waals surface area contributed by atoms with E-state index < -0.39 is 10.4 Å². The molecular formula is C9H17N3O4S. The van der Waals surface area contributed by atoms with Gasteiger partial charge in [-0.3, -0.25) is 9.11 Å². The van der Waals surface area contributed by atoms with Crippen molar-refractivity contribution in [3.8, 4) is 0 Å². The second-order valence-electron chi connectivity index (χ2n) is 3.16. The van der Waals surface area contributed by atoms with Crippen molar-refractivity contribution in [3.05, 3.63) is 24.8 Å². The second-order valence-corrected chi connectivity index (χ2v) is 4.06. The standard InChI is InChI=1S/C5H11N.C4H4N2.H2O4S/c1-2-4-6-5-3-1;1-2-5-4-6-3-1;1-5(2,3)4/h6H,1-5H2;1-4H;(H2,1,2,3,4). The Labute approximate surface area is 101 Å². The molecule has 0 spiro atoms. The molecule has 1 aliphatic heterocycles. The maximum absolute atomic E-state index is 8.74. The van der Waals surface area contributed by atoms with Gasteiger partial charge in [-0.05, 0) is 32.0 Å². The number of nitrogens with zero attached hydrogens (tertiary/aromatic N) is 2. The van der Waals surface area contributed by atoms with E-state index in [9.17, 15) is 0 Å². The quantitative estimate of drug-likeness (QED) is 0.587. The normalized spacial score (nSPS) is 14.7. The van der Waals surface area contributed by atoms with E-state index in [1.165, 1.54) is 38.7 Å². The van der Waals surface area contributed by atoms with E-state index in [1.807, 2.05) is 0 Å². The molecule has 0 radical (unpaired) electrons. The first kappa shape index (κ1) is 15.9.